The highest BCUT2D eigenvalue weighted by Crippen LogP contribution is 2.14. The van der Waals surface area contributed by atoms with Crippen LogP contribution in [0.2, 0.25) is 0 Å². The molecule has 0 aliphatic heterocycles. The summed E-state index contributed by atoms with van der Waals surface area (Å²) in [5.74, 6) is 5.35. The van der Waals surface area contributed by atoms with Crippen molar-refractivity contribution in [1.29, 1.82) is 0 Å². The van der Waals surface area contributed by atoms with Gasteiger partial charge in [-0.1, -0.05) is 17.9 Å². The highest BCUT2D eigenvalue weighted by atomic mass is 32.1. The van der Waals surface area contributed by atoms with Crippen LogP contribution in [-0.2, 0) is 6.54 Å². The molecule has 1 heterocycles. The number of nitrogens with one attached hydrogen (secondary N) is 1. The van der Waals surface area contributed by atoms with Crippen LogP contribution in [-0.4, -0.2) is 17.6 Å². The molecule has 0 bridgehead atoms. The molecule has 108 valence electrons. The molecule has 2 N–H and O–H groups in total. The summed E-state index contributed by atoms with van der Waals surface area (Å²) in [6.45, 7) is 4.30. The van der Waals surface area contributed by atoms with Gasteiger partial charge in [0.1, 0.15) is 6.61 Å². The van der Waals surface area contributed by atoms with Crippen LogP contribution in [0.3, 0.4) is 0 Å². The second-order valence-corrected chi connectivity index (χ2v) is 5.50. The SMILES string of the molecule is Cc1ccc(C(=O)NCc2cscc2C)cc1C#CCO. The minimum Gasteiger partial charge on any atom is -0.384 e. The largest absolute Gasteiger partial charge is 0.384 e. The Morgan fingerprint density at radius 1 is 1.29 bits per heavy atom. The molecule has 4 heteroatoms. The minimum atomic E-state index is -0.187. The number of aliphatic hydroxyl groups excluding tert-OH is 1. The van der Waals surface area contributed by atoms with Crippen LogP contribution in [0.25, 0.3) is 0 Å². The molecule has 1 aromatic heterocycles. The zero-order valence-electron chi connectivity index (χ0n) is 12.1. The van der Waals surface area contributed by atoms with Gasteiger partial charge in [0.2, 0.25) is 0 Å². The van der Waals surface area contributed by atoms with E-state index >= 15 is 0 Å². The molecule has 0 saturated heterocycles. The van der Waals surface area contributed by atoms with E-state index in [1.54, 1.807) is 23.5 Å². The third-order valence-corrected chi connectivity index (χ3v) is 4.11. The first kappa shape index (κ1) is 15.3. The Labute approximate surface area is 128 Å². The molecule has 0 aliphatic carbocycles. The zero-order chi connectivity index (χ0) is 15.2. The van der Waals surface area contributed by atoms with Gasteiger partial charge in [0, 0.05) is 17.7 Å². The van der Waals surface area contributed by atoms with Gasteiger partial charge in [0.25, 0.3) is 5.91 Å². The Morgan fingerprint density at radius 3 is 2.76 bits per heavy atom. The van der Waals surface area contributed by atoms with Crippen LogP contribution in [0.5, 0.6) is 0 Å². The van der Waals surface area contributed by atoms with Gasteiger partial charge in [-0.15, -0.1) is 0 Å². The highest BCUT2D eigenvalue weighted by Gasteiger charge is 2.08. The van der Waals surface area contributed by atoms with Gasteiger partial charge >= 0.3 is 0 Å². The van der Waals surface area contributed by atoms with Crippen molar-refractivity contribution in [1.82, 2.24) is 5.32 Å². The summed E-state index contributed by atoms with van der Waals surface area (Å²) < 4.78 is 0. The molecular weight excluding hydrogens is 282 g/mol. The lowest BCUT2D eigenvalue weighted by atomic mass is 10.0. The maximum absolute atomic E-state index is 12.2. The molecule has 1 aromatic carbocycles. The van der Waals surface area contributed by atoms with E-state index < -0.39 is 0 Å². The minimum absolute atomic E-state index is 0.118. The summed E-state index contributed by atoms with van der Waals surface area (Å²) >= 11 is 1.63. The highest BCUT2D eigenvalue weighted by molar-refractivity contribution is 7.08. The summed E-state index contributed by atoms with van der Waals surface area (Å²) in [7, 11) is 0. The standard InChI is InChI=1S/C17H17NO2S/c1-12-5-6-15(8-14(12)4-3-7-19)17(20)18-9-16-11-21-10-13(16)2/h5-6,8,10-11,19H,7,9H2,1-2H3,(H,18,20). The van der Waals surface area contributed by atoms with Crippen LogP contribution in [0, 0.1) is 25.7 Å². The van der Waals surface area contributed by atoms with Crippen molar-refractivity contribution in [2.24, 2.45) is 0 Å². The fourth-order valence-corrected chi connectivity index (χ4v) is 2.74. The first-order valence-electron chi connectivity index (χ1n) is 6.62. The molecule has 2 rings (SSSR count). The number of carbonyl (C=O) groups is 1. The Morgan fingerprint density at radius 2 is 2.10 bits per heavy atom. The first-order chi connectivity index (χ1) is 10.1. The molecular formula is C17H17NO2S. The normalized spacial score (nSPS) is 9.86. The summed E-state index contributed by atoms with van der Waals surface area (Å²) in [6.07, 6.45) is 0. The van der Waals surface area contributed by atoms with Gasteiger partial charge in [0.15, 0.2) is 0 Å². The van der Waals surface area contributed by atoms with E-state index in [0.29, 0.717) is 12.1 Å². The van der Waals surface area contributed by atoms with Crippen molar-refractivity contribution in [2.75, 3.05) is 6.61 Å². The number of thiophene rings is 1. The van der Waals surface area contributed by atoms with Crippen molar-refractivity contribution in [3.05, 3.63) is 56.8 Å². The Balaban J connectivity index is 2.10. The van der Waals surface area contributed by atoms with E-state index in [9.17, 15) is 4.79 Å². The van der Waals surface area contributed by atoms with E-state index in [1.165, 1.54) is 5.56 Å². The molecule has 0 radical (unpaired) electrons. The summed E-state index contributed by atoms with van der Waals surface area (Å²) in [6, 6.07) is 5.41. The fourth-order valence-electron chi connectivity index (χ4n) is 1.88. The second kappa shape index (κ2) is 7.07. The zero-order valence-corrected chi connectivity index (χ0v) is 12.9. The van der Waals surface area contributed by atoms with Gasteiger partial charge in [-0.3, -0.25) is 4.79 Å². The Bertz CT molecular complexity index is 707. The molecule has 2 aromatic rings. The van der Waals surface area contributed by atoms with E-state index in [1.807, 2.05) is 25.3 Å². The predicted molar refractivity (Wildman–Crippen MR) is 85.4 cm³/mol. The van der Waals surface area contributed by atoms with Crippen LogP contribution >= 0.6 is 11.3 Å². The molecule has 0 spiro atoms. The van der Waals surface area contributed by atoms with Crippen LogP contribution < -0.4 is 5.32 Å². The number of benzene rings is 1. The summed E-state index contributed by atoms with van der Waals surface area (Å²) in [5, 5.41) is 15.8. The van der Waals surface area contributed by atoms with Gasteiger partial charge in [-0.05, 0) is 53.4 Å². The lowest BCUT2D eigenvalue weighted by Gasteiger charge is -2.07. The molecule has 3 nitrogen and oxygen atoms in total. The fraction of sp³-hybridized carbons (Fsp3) is 0.235. The van der Waals surface area contributed by atoms with Gasteiger partial charge in [-0.2, -0.15) is 11.3 Å². The van der Waals surface area contributed by atoms with Crippen molar-refractivity contribution in [3.63, 3.8) is 0 Å². The lowest BCUT2D eigenvalue weighted by Crippen LogP contribution is -2.23. The number of amides is 1. The molecule has 0 fully saturated rings. The third-order valence-electron chi connectivity index (χ3n) is 3.20. The summed E-state index contributed by atoms with van der Waals surface area (Å²) in [4.78, 5) is 12.2. The lowest BCUT2D eigenvalue weighted by molar-refractivity contribution is 0.0951. The van der Waals surface area contributed by atoms with Gasteiger partial charge in [-0.25, -0.2) is 0 Å². The number of carbonyl (C=O) groups excluding carboxylic acids is 1. The number of hydrogen-bond donors (Lipinski definition) is 2. The van der Waals surface area contributed by atoms with Crippen molar-refractivity contribution in [3.8, 4) is 11.8 Å². The van der Waals surface area contributed by atoms with Gasteiger partial charge in [0.05, 0.1) is 0 Å². The van der Waals surface area contributed by atoms with Crippen LogP contribution in [0.15, 0.2) is 29.0 Å². The smallest absolute Gasteiger partial charge is 0.251 e. The van der Waals surface area contributed by atoms with E-state index in [0.717, 1.165) is 16.7 Å². The molecule has 0 atom stereocenters. The predicted octanol–water partition coefficient (Wildman–Crippen LogP) is 2.64. The van der Waals surface area contributed by atoms with Crippen LogP contribution in [0.4, 0.5) is 0 Å². The van der Waals surface area contributed by atoms with Crippen molar-refractivity contribution in [2.45, 2.75) is 20.4 Å². The Kier molecular flexibility index (Phi) is 5.15. The number of rotatable bonds is 3. The number of aryl methyl sites for hydroxylation is 2. The van der Waals surface area contributed by atoms with Gasteiger partial charge < -0.3 is 10.4 Å². The average molecular weight is 299 g/mol. The summed E-state index contributed by atoms with van der Waals surface area (Å²) in [5.41, 5.74) is 4.67. The number of aliphatic hydroxyl groups is 1. The van der Waals surface area contributed by atoms with Crippen molar-refractivity contribution < 1.29 is 9.90 Å². The Hall–Kier alpha value is -2.09. The average Bonchev–Trinajstić information content (AvgIpc) is 2.89. The van der Waals surface area contributed by atoms with E-state index in [4.69, 9.17) is 5.11 Å². The molecule has 21 heavy (non-hydrogen) atoms. The molecule has 0 aliphatic rings. The maximum atomic E-state index is 12.2. The second-order valence-electron chi connectivity index (χ2n) is 4.75. The topological polar surface area (TPSA) is 49.3 Å². The van der Waals surface area contributed by atoms with Crippen molar-refractivity contribution >= 4 is 17.2 Å². The van der Waals surface area contributed by atoms with E-state index in [2.05, 4.69) is 22.5 Å². The maximum Gasteiger partial charge on any atom is 0.251 e. The quantitative estimate of drug-likeness (QED) is 0.856. The van der Waals surface area contributed by atoms with Crippen LogP contribution in [0.1, 0.15) is 32.6 Å². The first-order valence-corrected chi connectivity index (χ1v) is 7.56. The molecule has 0 saturated carbocycles. The molecule has 1 amide bonds. The number of hydrogen-bond acceptors (Lipinski definition) is 3. The monoisotopic (exact) mass is 299 g/mol. The van der Waals surface area contributed by atoms with E-state index in [-0.39, 0.29) is 12.5 Å². The molecule has 0 unspecified atom stereocenters. The third kappa shape index (κ3) is 3.94.